The van der Waals surface area contributed by atoms with Crippen LogP contribution in [0.3, 0.4) is 0 Å². The van der Waals surface area contributed by atoms with Gasteiger partial charge in [-0.05, 0) is 55.8 Å². The first-order valence-corrected chi connectivity index (χ1v) is 12.5. The molecule has 0 radical (unpaired) electrons. The molecule has 1 aliphatic heterocycles. The fourth-order valence-corrected chi connectivity index (χ4v) is 5.42. The highest BCUT2D eigenvalue weighted by atomic mass is 32.2. The van der Waals surface area contributed by atoms with E-state index in [4.69, 9.17) is 9.47 Å². The van der Waals surface area contributed by atoms with Gasteiger partial charge in [0.2, 0.25) is 20.0 Å². The smallest absolute Gasteiger partial charge is 0.243 e. The average molecular weight is 455 g/mol. The predicted octanol–water partition coefficient (Wildman–Crippen LogP) is 1.97. The van der Waals surface area contributed by atoms with E-state index in [2.05, 4.69) is 4.72 Å². The molecular formula is C20H26N2O6S2. The molecule has 0 atom stereocenters. The van der Waals surface area contributed by atoms with Crippen molar-refractivity contribution in [2.24, 2.45) is 0 Å². The zero-order chi connectivity index (χ0) is 21.8. The van der Waals surface area contributed by atoms with Crippen molar-refractivity contribution in [1.29, 1.82) is 0 Å². The number of rotatable bonds is 8. The Morgan fingerprint density at radius 2 is 1.63 bits per heavy atom. The van der Waals surface area contributed by atoms with Gasteiger partial charge in [0.15, 0.2) is 0 Å². The van der Waals surface area contributed by atoms with Crippen LogP contribution in [-0.2, 0) is 31.3 Å². The monoisotopic (exact) mass is 454 g/mol. The van der Waals surface area contributed by atoms with Crippen molar-refractivity contribution in [3.63, 3.8) is 0 Å². The number of hydrogen-bond donors (Lipinski definition) is 1. The molecule has 0 aromatic heterocycles. The predicted molar refractivity (Wildman–Crippen MR) is 112 cm³/mol. The number of sulfonamides is 2. The van der Waals surface area contributed by atoms with Crippen LogP contribution in [0.15, 0.2) is 58.3 Å². The molecule has 0 unspecified atom stereocenters. The van der Waals surface area contributed by atoms with Crippen LogP contribution in [0.4, 0.5) is 0 Å². The van der Waals surface area contributed by atoms with Crippen LogP contribution in [0.2, 0.25) is 0 Å². The van der Waals surface area contributed by atoms with Crippen LogP contribution in [0.25, 0.3) is 0 Å². The summed E-state index contributed by atoms with van der Waals surface area (Å²) in [5, 5.41) is 0. The summed E-state index contributed by atoms with van der Waals surface area (Å²) in [5.74, 6) is 0.666. The zero-order valence-corrected chi connectivity index (χ0v) is 18.6. The summed E-state index contributed by atoms with van der Waals surface area (Å²) in [6.07, 6.45) is 0.0178. The van der Waals surface area contributed by atoms with Gasteiger partial charge in [-0.25, -0.2) is 21.6 Å². The van der Waals surface area contributed by atoms with Gasteiger partial charge in [0.05, 0.1) is 29.1 Å². The largest absolute Gasteiger partial charge is 0.491 e. The van der Waals surface area contributed by atoms with Crippen LogP contribution in [0.1, 0.15) is 19.4 Å². The first kappa shape index (κ1) is 22.7. The second kappa shape index (κ2) is 9.44. The molecule has 0 bridgehead atoms. The van der Waals surface area contributed by atoms with Gasteiger partial charge in [0, 0.05) is 19.6 Å². The third kappa shape index (κ3) is 5.58. The van der Waals surface area contributed by atoms with Crippen LogP contribution in [0, 0.1) is 0 Å². The molecule has 10 heteroatoms. The van der Waals surface area contributed by atoms with Gasteiger partial charge in [-0.15, -0.1) is 0 Å². The van der Waals surface area contributed by atoms with Crippen molar-refractivity contribution in [3.05, 3.63) is 54.1 Å². The molecule has 2 aromatic rings. The Morgan fingerprint density at radius 3 is 2.27 bits per heavy atom. The van der Waals surface area contributed by atoms with Crippen molar-refractivity contribution in [3.8, 4) is 5.75 Å². The second-order valence-corrected chi connectivity index (χ2v) is 10.8. The fraction of sp³-hybridized carbons (Fsp3) is 0.400. The first-order chi connectivity index (χ1) is 14.2. The first-order valence-electron chi connectivity index (χ1n) is 9.62. The minimum absolute atomic E-state index is 0.00184. The Morgan fingerprint density at radius 1 is 1.00 bits per heavy atom. The maximum Gasteiger partial charge on any atom is 0.243 e. The maximum atomic E-state index is 12.7. The molecule has 1 N–H and O–H groups in total. The molecule has 1 heterocycles. The summed E-state index contributed by atoms with van der Waals surface area (Å²) < 4.78 is 65.2. The number of nitrogens with zero attached hydrogens (tertiary/aromatic N) is 1. The van der Waals surface area contributed by atoms with Gasteiger partial charge in [-0.1, -0.05) is 12.1 Å². The molecule has 2 aromatic carbocycles. The van der Waals surface area contributed by atoms with Crippen molar-refractivity contribution < 1.29 is 26.3 Å². The third-order valence-corrected chi connectivity index (χ3v) is 7.81. The molecule has 1 aliphatic rings. The van der Waals surface area contributed by atoms with E-state index in [-0.39, 0.29) is 35.5 Å². The van der Waals surface area contributed by atoms with E-state index in [1.807, 2.05) is 19.9 Å². The molecule has 1 saturated heterocycles. The van der Waals surface area contributed by atoms with Gasteiger partial charge in [0.1, 0.15) is 5.75 Å². The Hall–Kier alpha value is -1.98. The summed E-state index contributed by atoms with van der Waals surface area (Å²) in [7, 11) is -7.47. The standard InChI is InChI=1S/C20H26N2O6S2/c1-16(2)28-18-5-3-4-17(14-18)15-21-29(23,24)19-6-8-20(9-7-19)30(25,26)22-10-12-27-13-11-22/h3-9,14,16,21H,10-13,15H2,1-2H3. The van der Waals surface area contributed by atoms with E-state index >= 15 is 0 Å². The maximum absolute atomic E-state index is 12.7. The minimum atomic E-state index is -3.80. The Labute approximate surface area is 177 Å². The number of nitrogens with one attached hydrogen (secondary N) is 1. The fourth-order valence-electron chi connectivity index (χ4n) is 2.99. The average Bonchev–Trinajstić information content (AvgIpc) is 2.73. The van der Waals surface area contributed by atoms with E-state index in [1.165, 1.54) is 28.6 Å². The summed E-state index contributed by atoms with van der Waals surface area (Å²) >= 11 is 0. The molecule has 8 nitrogen and oxygen atoms in total. The summed E-state index contributed by atoms with van der Waals surface area (Å²) in [6, 6.07) is 12.4. The minimum Gasteiger partial charge on any atom is -0.491 e. The van der Waals surface area contributed by atoms with Gasteiger partial charge >= 0.3 is 0 Å². The van der Waals surface area contributed by atoms with Crippen LogP contribution >= 0.6 is 0 Å². The lowest BCUT2D eigenvalue weighted by Gasteiger charge is -2.26. The topological polar surface area (TPSA) is 102 Å². The Bertz CT molecular complexity index is 1060. The molecule has 3 rings (SSSR count). The number of ether oxygens (including phenoxy) is 2. The molecule has 1 fully saturated rings. The van der Waals surface area contributed by atoms with E-state index < -0.39 is 20.0 Å². The number of hydrogen-bond acceptors (Lipinski definition) is 6. The lowest BCUT2D eigenvalue weighted by Crippen LogP contribution is -2.40. The van der Waals surface area contributed by atoms with Crippen LogP contribution in [0.5, 0.6) is 5.75 Å². The second-order valence-electron chi connectivity index (χ2n) is 7.13. The number of morpholine rings is 1. The molecule has 0 spiro atoms. The van der Waals surface area contributed by atoms with Gasteiger partial charge < -0.3 is 9.47 Å². The van der Waals surface area contributed by atoms with Crippen LogP contribution in [-0.4, -0.2) is 53.5 Å². The quantitative estimate of drug-likeness (QED) is 0.654. The SMILES string of the molecule is CC(C)Oc1cccc(CNS(=O)(=O)c2ccc(S(=O)(=O)N3CCOCC3)cc2)c1. The molecule has 0 amide bonds. The van der Waals surface area contributed by atoms with Crippen LogP contribution < -0.4 is 9.46 Å². The summed E-state index contributed by atoms with van der Waals surface area (Å²) in [5.41, 5.74) is 0.753. The Kier molecular flexibility index (Phi) is 7.14. The highest BCUT2D eigenvalue weighted by molar-refractivity contribution is 7.89. The highest BCUT2D eigenvalue weighted by Crippen LogP contribution is 2.20. The zero-order valence-electron chi connectivity index (χ0n) is 16.9. The summed E-state index contributed by atoms with van der Waals surface area (Å²) in [4.78, 5) is 0.0555. The summed E-state index contributed by atoms with van der Waals surface area (Å²) in [6.45, 7) is 5.17. The van der Waals surface area contributed by atoms with Gasteiger partial charge in [-0.3, -0.25) is 0 Å². The normalized spacial score (nSPS) is 16.0. The Balaban J connectivity index is 1.69. The molecule has 0 aliphatic carbocycles. The van der Waals surface area contributed by atoms with Crippen molar-refractivity contribution in [2.75, 3.05) is 26.3 Å². The van der Waals surface area contributed by atoms with E-state index in [0.717, 1.165) is 5.56 Å². The molecule has 164 valence electrons. The lowest BCUT2D eigenvalue weighted by molar-refractivity contribution is 0.0730. The molecular weight excluding hydrogens is 428 g/mol. The van der Waals surface area contributed by atoms with E-state index in [0.29, 0.717) is 19.0 Å². The molecule has 0 saturated carbocycles. The third-order valence-electron chi connectivity index (χ3n) is 4.48. The number of benzene rings is 2. The van der Waals surface area contributed by atoms with Crippen molar-refractivity contribution in [1.82, 2.24) is 9.03 Å². The van der Waals surface area contributed by atoms with E-state index in [9.17, 15) is 16.8 Å². The van der Waals surface area contributed by atoms with Crippen molar-refractivity contribution in [2.45, 2.75) is 36.3 Å². The lowest BCUT2D eigenvalue weighted by atomic mass is 10.2. The highest BCUT2D eigenvalue weighted by Gasteiger charge is 2.26. The molecule has 30 heavy (non-hydrogen) atoms. The van der Waals surface area contributed by atoms with E-state index in [1.54, 1.807) is 18.2 Å². The van der Waals surface area contributed by atoms with Gasteiger partial charge in [-0.2, -0.15) is 4.31 Å². The van der Waals surface area contributed by atoms with Gasteiger partial charge in [0.25, 0.3) is 0 Å². The van der Waals surface area contributed by atoms with Crippen molar-refractivity contribution >= 4 is 20.0 Å².